The van der Waals surface area contributed by atoms with Crippen molar-refractivity contribution in [2.45, 2.75) is 39.2 Å². The third-order valence-electron chi connectivity index (χ3n) is 2.66. The van der Waals surface area contributed by atoms with Crippen molar-refractivity contribution in [3.63, 3.8) is 0 Å². The summed E-state index contributed by atoms with van der Waals surface area (Å²) in [7, 11) is 0. The van der Waals surface area contributed by atoms with Crippen LogP contribution in [0.25, 0.3) is 0 Å². The molecule has 0 heterocycles. The molecule has 1 saturated carbocycles. The number of hydrogen-bond acceptors (Lipinski definition) is 2. The van der Waals surface area contributed by atoms with Gasteiger partial charge in [-0.25, -0.2) is 0 Å². The Bertz CT molecular complexity index is 173. The van der Waals surface area contributed by atoms with Gasteiger partial charge >= 0.3 is 0 Å². The molecule has 1 aliphatic rings. The molecule has 1 fully saturated rings. The maximum Gasteiger partial charge on any atom is 0.236 e. The van der Waals surface area contributed by atoms with Crippen LogP contribution >= 0.6 is 0 Å². The molecule has 12 heavy (non-hydrogen) atoms. The fourth-order valence-electron chi connectivity index (χ4n) is 1.42. The first-order valence-corrected chi connectivity index (χ1v) is 4.57. The summed E-state index contributed by atoms with van der Waals surface area (Å²) in [5.41, 5.74) is 5.76. The first-order chi connectivity index (χ1) is 5.53. The minimum absolute atomic E-state index is 0.0388. The summed E-state index contributed by atoms with van der Waals surface area (Å²) in [6.07, 6.45) is 3.75. The summed E-state index contributed by atoms with van der Waals surface area (Å²) in [6.45, 7) is 4.70. The van der Waals surface area contributed by atoms with Crippen LogP contribution in [0.2, 0.25) is 0 Å². The molecule has 0 unspecified atom stereocenters. The molecule has 0 aromatic carbocycles. The fraction of sp³-hybridized carbons (Fsp3) is 0.889. The van der Waals surface area contributed by atoms with Crippen LogP contribution in [0.4, 0.5) is 0 Å². The second kappa shape index (κ2) is 3.44. The normalized spacial score (nSPS) is 22.6. The quantitative estimate of drug-likeness (QED) is 0.653. The molecule has 1 aliphatic carbocycles. The molecule has 1 rings (SSSR count). The van der Waals surface area contributed by atoms with Crippen molar-refractivity contribution in [1.29, 1.82) is 0 Å². The standard InChI is InChI=1S/C9H18N2O/c1-7(10)8(12)11-6-9(2)4-3-5-9/h7H,3-6,10H2,1-2H3,(H,11,12)/t7-/m1/s1. The summed E-state index contributed by atoms with van der Waals surface area (Å²) < 4.78 is 0. The third kappa shape index (κ3) is 2.21. The molecule has 0 spiro atoms. The highest BCUT2D eigenvalue weighted by Gasteiger charge is 2.31. The van der Waals surface area contributed by atoms with Gasteiger partial charge in [0.25, 0.3) is 0 Å². The van der Waals surface area contributed by atoms with Gasteiger partial charge < -0.3 is 11.1 Å². The third-order valence-corrected chi connectivity index (χ3v) is 2.66. The topological polar surface area (TPSA) is 55.1 Å². The Kier molecular flexibility index (Phi) is 2.73. The second-order valence-corrected chi connectivity index (χ2v) is 4.17. The summed E-state index contributed by atoms with van der Waals surface area (Å²) in [4.78, 5) is 11.1. The summed E-state index contributed by atoms with van der Waals surface area (Å²) in [6, 6.07) is -0.381. The van der Waals surface area contributed by atoms with Crippen molar-refractivity contribution in [2.24, 2.45) is 11.1 Å². The zero-order valence-corrected chi connectivity index (χ0v) is 7.89. The molecule has 70 valence electrons. The predicted molar refractivity (Wildman–Crippen MR) is 48.6 cm³/mol. The number of carbonyl (C=O) groups is 1. The van der Waals surface area contributed by atoms with E-state index in [0.29, 0.717) is 5.41 Å². The lowest BCUT2D eigenvalue weighted by Crippen LogP contribution is -2.45. The Morgan fingerprint density at radius 2 is 2.25 bits per heavy atom. The lowest BCUT2D eigenvalue weighted by Gasteiger charge is -2.38. The summed E-state index contributed by atoms with van der Waals surface area (Å²) in [5.74, 6) is -0.0388. The van der Waals surface area contributed by atoms with Crippen LogP contribution in [0.15, 0.2) is 0 Å². The van der Waals surface area contributed by atoms with Crippen LogP contribution in [0, 0.1) is 5.41 Å². The van der Waals surface area contributed by atoms with E-state index in [4.69, 9.17) is 5.73 Å². The monoisotopic (exact) mass is 170 g/mol. The van der Waals surface area contributed by atoms with Crippen LogP contribution in [-0.2, 0) is 4.79 Å². The van der Waals surface area contributed by atoms with Gasteiger partial charge in [-0.15, -0.1) is 0 Å². The Hall–Kier alpha value is -0.570. The number of amides is 1. The van der Waals surface area contributed by atoms with Gasteiger partial charge in [-0.1, -0.05) is 13.3 Å². The molecule has 0 aromatic heterocycles. The number of carbonyl (C=O) groups excluding carboxylic acids is 1. The minimum Gasteiger partial charge on any atom is -0.354 e. The largest absolute Gasteiger partial charge is 0.354 e. The van der Waals surface area contributed by atoms with E-state index in [1.54, 1.807) is 6.92 Å². The average Bonchev–Trinajstić information content (AvgIpc) is 1.96. The second-order valence-electron chi connectivity index (χ2n) is 4.17. The number of nitrogens with two attached hydrogens (primary N) is 1. The summed E-state index contributed by atoms with van der Waals surface area (Å²) in [5, 5.41) is 2.86. The van der Waals surface area contributed by atoms with Crippen molar-refractivity contribution >= 4 is 5.91 Å². The van der Waals surface area contributed by atoms with E-state index >= 15 is 0 Å². The molecule has 3 N–H and O–H groups in total. The molecule has 1 atom stereocenters. The number of nitrogens with one attached hydrogen (secondary N) is 1. The van der Waals surface area contributed by atoms with Crippen molar-refractivity contribution in [3.8, 4) is 0 Å². The zero-order valence-electron chi connectivity index (χ0n) is 7.89. The van der Waals surface area contributed by atoms with Gasteiger partial charge in [-0.3, -0.25) is 4.79 Å². The predicted octanol–water partition coefficient (Wildman–Crippen LogP) is 0.640. The Morgan fingerprint density at radius 1 is 1.67 bits per heavy atom. The fourth-order valence-corrected chi connectivity index (χ4v) is 1.42. The van der Waals surface area contributed by atoms with Crippen LogP contribution in [-0.4, -0.2) is 18.5 Å². The maximum atomic E-state index is 11.1. The molecular formula is C9H18N2O. The zero-order chi connectivity index (χ0) is 9.19. The van der Waals surface area contributed by atoms with E-state index in [-0.39, 0.29) is 11.9 Å². The molecule has 0 aliphatic heterocycles. The highest BCUT2D eigenvalue weighted by Crippen LogP contribution is 2.39. The van der Waals surface area contributed by atoms with Gasteiger partial charge in [0, 0.05) is 6.54 Å². The van der Waals surface area contributed by atoms with Gasteiger partial charge in [0.05, 0.1) is 6.04 Å². The van der Waals surface area contributed by atoms with E-state index in [1.807, 2.05) is 0 Å². The molecule has 0 bridgehead atoms. The molecule has 3 heteroatoms. The highest BCUT2D eigenvalue weighted by molar-refractivity contribution is 5.80. The van der Waals surface area contributed by atoms with Crippen LogP contribution in [0.5, 0.6) is 0 Å². The van der Waals surface area contributed by atoms with Gasteiger partial charge in [0.1, 0.15) is 0 Å². The molecule has 1 amide bonds. The van der Waals surface area contributed by atoms with E-state index in [1.165, 1.54) is 19.3 Å². The maximum absolute atomic E-state index is 11.1. The van der Waals surface area contributed by atoms with Gasteiger partial charge in [-0.05, 0) is 25.2 Å². The van der Waals surface area contributed by atoms with Crippen LogP contribution in [0.1, 0.15) is 33.1 Å². The summed E-state index contributed by atoms with van der Waals surface area (Å²) >= 11 is 0. The van der Waals surface area contributed by atoms with Gasteiger partial charge in [0.2, 0.25) is 5.91 Å². The van der Waals surface area contributed by atoms with Gasteiger partial charge in [0.15, 0.2) is 0 Å². The number of hydrogen-bond donors (Lipinski definition) is 2. The van der Waals surface area contributed by atoms with Crippen molar-refractivity contribution in [2.75, 3.05) is 6.54 Å². The Balaban J connectivity index is 2.21. The van der Waals surface area contributed by atoms with Crippen LogP contribution < -0.4 is 11.1 Å². The van der Waals surface area contributed by atoms with Gasteiger partial charge in [-0.2, -0.15) is 0 Å². The first kappa shape index (κ1) is 9.52. The van der Waals surface area contributed by atoms with Crippen molar-refractivity contribution in [3.05, 3.63) is 0 Å². The smallest absolute Gasteiger partial charge is 0.236 e. The molecule has 0 aromatic rings. The van der Waals surface area contributed by atoms with Crippen molar-refractivity contribution < 1.29 is 4.79 Å². The number of rotatable bonds is 3. The SMILES string of the molecule is C[C@@H](N)C(=O)NCC1(C)CCC1. The average molecular weight is 170 g/mol. The van der Waals surface area contributed by atoms with E-state index < -0.39 is 0 Å². The van der Waals surface area contributed by atoms with E-state index in [9.17, 15) is 4.79 Å². The van der Waals surface area contributed by atoms with Crippen LogP contribution in [0.3, 0.4) is 0 Å². The first-order valence-electron chi connectivity index (χ1n) is 4.57. The van der Waals surface area contributed by atoms with E-state index in [0.717, 1.165) is 6.54 Å². The molecule has 0 radical (unpaired) electrons. The van der Waals surface area contributed by atoms with Crippen molar-refractivity contribution in [1.82, 2.24) is 5.32 Å². The Morgan fingerprint density at radius 3 is 2.58 bits per heavy atom. The highest BCUT2D eigenvalue weighted by atomic mass is 16.2. The molecule has 3 nitrogen and oxygen atoms in total. The molecule has 0 saturated heterocycles. The lowest BCUT2D eigenvalue weighted by molar-refractivity contribution is -0.122. The Labute approximate surface area is 73.7 Å². The minimum atomic E-state index is -0.381. The van der Waals surface area contributed by atoms with E-state index in [2.05, 4.69) is 12.2 Å². The molecular weight excluding hydrogens is 152 g/mol. The lowest BCUT2D eigenvalue weighted by atomic mass is 9.70.